The van der Waals surface area contributed by atoms with Crippen molar-refractivity contribution in [3.05, 3.63) is 16.8 Å². The number of nitrogens with zero attached hydrogens (tertiary/aromatic N) is 2. The highest BCUT2D eigenvalue weighted by Gasteiger charge is 2.60. The first-order valence-electron chi connectivity index (χ1n) is 3.72. The standard InChI is InChI=1S/C7H4ClF5N2O/c1-16-5-3(2-4(8)14-15-5)6(9,10)7(11,12)13/h2H,1H3. The largest absolute Gasteiger partial charge is 0.480 e. The molecule has 0 N–H and O–H groups in total. The Bertz CT molecular complexity index is 395. The van der Waals surface area contributed by atoms with Crippen molar-refractivity contribution in [2.24, 2.45) is 0 Å². The predicted octanol–water partition coefficient (Wildman–Crippen LogP) is 2.79. The van der Waals surface area contributed by atoms with E-state index in [1.165, 1.54) is 0 Å². The molecule has 1 aromatic heterocycles. The van der Waals surface area contributed by atoms with Gasteiger partial charge in [0.25, 0.3) is 0 Å². The summed E-state index contributed by atoms with van der Waals surface area (Å²) >= 11 is 5.20. The molecule has 0 aliphatic carbocycles. The van der Waals surface area contributed by atoms with E-state index < -0.39 is 28.7 Å². The zero-order chi connectivity index (χ0) is 12.6. The summed E-state index contributed by atoms with van der Waals surface area (Å²) in [6, 6.07) is 0.362. The topological polar surface area (TPSA) is 35.0 Å². The molecule has 0 amide bonds. The minimum absolute atomic E-state index is 0.362. The molecule has 0 saturated heterocycles. The molecule has 0 aliphatic heterocycles. The van der Waals surface area contributed by atoms with Crippen LogP contribution in [-0.2, 0) is 5.92 Å². The van der Waals surface area contributed by atoms with E-state index in [0.29, 0.717) is 6.07 Å². The fourth-order valence-electron chi connectivity index (χ4n) is 0.885. The number of halogens is 6. The third-order valence-electron chi connectivity index (χ3n) is 1.62. The summed E-state index contributed by atoms with van der Waals surface area (Å²) in [6.45, 7) is 0. The zero-order valence-electron chi connectivity index (χ0n) is 7.65. The van der Waals surface area contributed by atoms with Crippen molar-refractivity contribution in [2.75, 3.05) is 7.11 Å². The summed E-state index contributed by atoms with van der Waals surface area (Å²) in [5.74, 6) is -6.02. The van der Waals surface area contributed by atoms with Crippen LogP contribution >= 0.6 is 11.6 Å². The quantitative estimate of drug-likeness (QED) is 0.769. The Morgan fingerprint density at radius 2 is 1.75 bits per heavy atom. The zero-order valence-corrected chi connectivity index (χ0v) is 8.40. The van der Waals surface area contributed by atoms with E-state index in [4.69, 9.17) is 11.6 Å². The average Bonchev–Trinajstić information content (AvgIpc) is 2.16. The van der Waals surface area contributed by atoms with Gasteiger partial charge in [-0.25, -0.2) is 0 Å². The molecule has 0 unspecified atom stereocenters. The lowest BCUT2D eigenvalue weighted by Gasteiger charge is -2.20. The first-order valence-corrected chi connectivity index (χ1v) is 4.10. The lowest BCUT2D eigenvalue weighted by atomic mass is 10.1. The molecule has 1 heterocycles. The van der Waals surface area contributed by atoms with Crippen molar-refractivity contribution >= 4 is 11.6 Å². The molecule has 16 heavy (non-hydrogen) atoms. The van der Waals surface area contributed by atoms with Crippen LogP contribution in [0.1, 0.15) is 5.56 Å². The van der Waals surface area contributed by atoms with Crippen LogP contribution in [0.25, 0.3) is 0 Å². The number of methoxy groups -OCH3 is 1. The third-order valence-corrected chi connectivity index (χ3v) is 1.80. The van der Waals surface area contributed by atoms with E-state index in [-0.39, 0.29) is 0 Å². The maximum absolute atomic E-state index is 13.0. The van der Waals surface area contributed by atoms with E-state index in [9.17, 15) is 22.0 Å². The van der Waals surface area contributed by atoms with Gasteiger partial charge in [0, 0.05) is 0 Å². The van der Waals surface area contributed by atoms with Gasteiger partial charge in [0.1, 0.15) is 0 Å². The van der Waals surface area contributed by atoms with Crippen LogP contribution in [-0.4, -0.2) is 23.5 Å². The molecule has 3 nitrogen and oxygen atoms in total. The number of hydrogen-bond acceptors (Lipinski definition) is 3. The molecule has 0 fully saturated rings. The number of rotatable bonds is 2. The molecule has 1 aromatic rings. The van der Waals surface area contributed by atoms with Crippen LogP contribution in [0, 0.1) is 0 Å². The summed E-state index contributed by atoms with van der Waals surface area (Å²) in [6.07, 6.45) is -5.76. The van der Waals surface area contributed by atoms with Crippen molar-refractivity contribution < 1.29 is 26.7 Å². The predicted molar refractivity (Wildman–Crippen MR) is 43.5 cm³/mol. The van der Waals surface area contributed by atoms with Gasteiger partial charge in [-0.15, -0.1) is 10.2 Å². The van der Waals surface area contributed by atoms with Crippen LogP contribution in [0.2, 0.25) is 5.15 Å². The van der Waals surface area contributed by atoms with Crippen LogP contribution in [0.15, 0.2) is 6.07 Å². The summed E-state index contributed by atoms with van der Waals surface area (Å²) in [7, 11) is 0.897. The first kappa shape index (κ1) is 12.9. The molecule has 0 aliphatic rings. The Morgan fingerprint density at radius 1 is 1.19 bits per heavy atom. The fourth-order valence-corrected chi connectivity index (χ4v) is 1.03. The fraction of sp³-hybridized carbons (Fsp3) is 0.429. The molecular weight excluding hydrogens is 259 g/mol. The lowest BCUT2D eigenvalue weighted by molar-refractivity contribution is -0.289. The molecule has 90 valence electrons. The van der Waals surface area contributed by atoms with Gasteiger partial charge in [0.05, 0.1) is 12.7 Å². The number of aromatic nitrogens is 2. The maximum Gasteiger partial charge on any atom is 0.458 e. The van der Waals surface area contributed by atoms with Crippen molar-refractivity contribution in [3.63, 3.8) is 0 Å². The van der Waals surface area contributed by atoms with E-state index >= 15 is 0 Å². The molecule has 1 rings (SSSR count). The monoisotopic (exact) mass is 262 g/mol. The number of hydrogen-bond donors (Lipinski definition) is 0. The second-order valence-electron chi connectivity index (χ2n) is 2.66. The smallest absolute Gasteiger partial charge is 0.458 e. The van der Waals surface area contributed by atoms with Gasteiger partial charge in [0.15, 0.2) is 5.15 Å². The minimum atomic E-state index is -5.76. The van der Waals surface area contributed by atoms with Gasteiger partial charge in [-0.05, 0) is 6.07 Å². The molecule has 0 saturated carbocycles. The first-order chi connectivity index (χ1) is 7.20. The van der Waals surface area contributed by atoms with E-state index in [1.807, 2.05) is 0 Å². The Kier molecular flexibility index (Phi) is 3.22. The number of ether oxygens (including phenoxy) is 1. The van der Waals surface area contributed by atoms with Crippen molar-refractivity contribution in [2.45, 2.75) is 12.1 Å². The third kappa shape index (κ3) is 2.16. The van der Waals surface area contributed by atoms with E-state index in [2.05, 4.69) is 14.9 Å². The molecule has 0 bridgehead atoms. The molecule has 0 radical (unpaired) electrons. The van der Waals surface area contributed by atoms with Crippen molar-refractivity contribution in [3.8, 4) is 5.88 Å². The highest BCUT2D eigenvalue weighted by Crippen LogP contribution is 2.46. The Labute approximate surface area is 91.2 Å². The second-order valence-corrected chi connectivity index (χ2v) is 3.05. The normalized spacial score (nSPS) is 12.7. The molecule has 0 aromatic carbocycles. The van der Waals surface area contributed by atoms with Crippen LogP contribution < -0.4 is 4.74 Å². The summed E-state index contributed by atoms with van der Waals surface area (Å²) in [5.41, 5.74) is -1.47. The summed E-state index contributed by atoms with van der Waals surface area (Å²) < 4.78 is 66.4. The molecule has 0 atom stereocenters. The molecule has 9 heteroatoms. The van der Waals surface area contributed by atoms with Crippen LogP contribution in [0.3, 0.4) is 0 Å². The SMILES string of the molecule is COc1nnc(Cl)cc1C(F)(F)C(F)(F)F. The van der Waals surface area contributed by atoms with Crippen LogP contribution in [0.5, 0.6) is 5.88 Å². The highest BCUT2D eigenvalue weighted by molar-refractivity contribution is 6.29. The lowest BCUT2D eigenvalue weighted by Crippen LogP contribution is -2.34. The van der Waals surface area contributed by atoms with Crippen molar-refractivity contribution in [1.82, 2.24) is 10.2 Å². The van der Waals surface area contributed by atoms with Gasteiger partial charge >= 0.3 is 12.1 Å². The summed E-state index contributed by atoms with van der Waals surface area (Å²) in [5, 5.41) is 5.50. The van der Waals surface area contributed by atoms with Gasteiger partial charge in [-0.2, -0.15) is 22.0 Å². The van der Waals surface area contributed by atoms with Crippen molar-refractivity contribution in [1.29, 1.82) is 0 Å². The van der Waals surface area contributed by atoms with E-state index in [1.54, 1.807) is 0 Å². The van der Waals surface area contributed by atoms with Gasteiger partial charge in [-0.1, -0.05) is 11.6 Å². The van der Waals surface area contributed by atoms with E-state index in [0.717, 1.165) is 7.11 Å². The maximum atomic E-state index is 13.0. The van der Waals surface area contributed by atoms with Crippen LogP contribution in [0.4, 0.5) is 22.0 Å². The summed E-state index contributed by atoms with van der Waals surface area (Å²) in [4.78, 5) is 0. The number of alkyl halides is 5. The Hall–Kier alpha value is -1.18. The average molecular weight is 263 g/mol. The minimum Gasteiger partial charge on any atom is -0.480 e. The Morgan fingerprint density at radius 3 is 2.19 bits per heavy atom. The molecular formula is C7H4ClF5N2O. The van der Waals surface area contributed by atoms with Gasteiger partial charge < -0.3 is 4.74 Å². The molecule has 0 spiro atoms. The highest BCUT2D eigenvalue weighted by atomic mass is 35.5. The second kappa shape index (κ2) is 4.00. The van der Waals surface area contributed by atoms with Gasteiger partial charge in [-0.3, -0.25) is 0 Å². The Balaban J connectivity index is 3.36. The van der Waals surface area contributed by atoms with Gasteiger partial charge in [0.2, 0.25) is 5.88 Å².